The van der Waals surface area contributed by atoms with Crippen molar-refractivity contribution in [3.8, 4) is 0 Å². The Kier molecular flexibility index (Phi) is 4.80. The molecule has 3 nitrogen and oxygen atoms in total. The predicted octanol–water partition coefficient (Wildman–Crippen LogP) is 2.91. The van der Waals surface area contributed by atoms with Crippen LogP contribution in [0.25, 0.3) is 0 Å². The highest BCUT2D eigenvalue weighted by atomic mass is 19.2. The Morgan fingerprint density at radius 1 is 1.05 bits per heavy atom. The second kappa shape index (κ2) is 6.28. The Bertz CT molecular complexity index is 561. The SMILES string of the molecule is CC(C)(C)CN1CCN(C(=O)c2ccc(F)c(F)c2F)CC1. The average molecular weight is 314 g/mol. The summed E-state index contributed by atoms with van der Waals surface area (Å²) in [5.74, 6) is -4.89. The van der Waals surface area contributed by atoms with Gasteiger partial charge in [-0.15, -0.1) is 0 Å². The maximum atomic E-state index is 13.7. The van der Waals surface area contributed by atoms with Crippen LogP contribution in [0.3, 0.4) is 0 Å². The van der Waals surface area contributed by atoms with E-state index in [1.807, 2.05) is 0 Å². The zero-order valence-electron chi connectivity index (χ0n) is 13.1. The lowest BCUT2D eigenvalue weighted by Gasteiger charge is -2.37. The molecule has 122 valence electrons. The van der Waals surface area contributed by atoms with Gasteiger partial charge in [-0.3, -0.25) is 9.69 Å². The molecule has 0 aromatic heterocycles. The molecule has 0 aliphatic carbocycles. The first-order valence-electron chi connectivity index (χ1n) is 7.34. The van der Waals surface area contributed by atoms with Crippen LogP contribution in [0, 0.1) is 22.9 Å². The Morgan fingerprint density at radius 2 is 1.64 bits per heavy atom. The number of halogens is 3. The highest BCUT2D eigenvalue weighted by molar-refractivity contribution is 5.94. The molecule has 0 spiro atoms. The van der Waals surface area contributed by atoms with E-state index in [9.17, 15) is 18.0 Å². The fourth-order valence-corrected chi connectivity index (χ4v) is 2.64. The minimum absolute atomic E-state index is 0.165. The van der Waals surface area contributed by atoms with E-state index in [0.717, 1.165) is 18.7 Å². The van der Waals surface area contributed by atoms with Gasteiger partial charge in [0, 0.05) is 32.7 Å². The smallest absolute Gasteiger partial charge is 0.257 e. The molecular formula is C16H21F3N2O. The first kappa shape index (κ1) is 16.8. The second-order valence-corrected chi connectivity index (χ2v) is 6.85. The van der Waals surface area contributed by atoms with E-state index in [2.05, 4.69) is 25.7 Å². The van der Waals surface area contributed by atoms with E-state index in [1.54, 1.807) is 0 Å². The summed E-state index contributed by atoms with van der Waals surface area (Å²) in [6.07, 6.45) is 0. The van der Waals surface area contributed by atoms with Crippen molar-refractivity contribution < 1.29 is 18.0 Å². The van der Waals surface area contributed by atoms with Crippen LogP contribution >= 0.6 is 0 Å². The van der Waals surface area contributed by atoms with Gasteiger partial charge in [0.05, 0.1) is 5.56 Å². The number of carbonyl (C=O) groups is 1. The summed E-state index contributed by atoms with van der Waals surface area (Å²) >= 11 is 0. The quantitative estimate of drug-likeness (QED) is 0.784. The lowest BCUT2D eigenvalue weighted by atomic mass is 9.96. The molecule has 0 unspecified atom stereocenters. The number of hydrogen-bond acceptors (Lipinski definition) is 2. The van der Waals surface area contributed by atoms with Crippen molar-refractivity contribution >= 4 is 5.91 Å². The van der Waals surface area contributed by atoms with Crippen LogP contribution in [0.5, 0.6) is 0 Å². The monoisotopic (exact) mass is 314 g/mol. The van der Waals surface area contributed by atoms with Crippen molar-refractivity contribution in [1.29, 1.82) is 0 Å². The number of nitrogens with zero attached hydrogens (tertiary/aromatic N) is 2. The first-order valence-corrected chi connectivity index (χ1v) is 7.34. The van der Waals surface area contributed by atoms with Gasteiger partial charge >= 0.3 is 0 Å². The number of benzene rings is 1. The summed E-state index contributed by atoms with van der Waals surface area (Å²) in [6.45, 7) is 9.61. The van der Waals surface area contributed by atoms with E-state index in [-0.39, 0.29) is 5.41 Å². The summed E-state index contributed by atoms with van der Waals surface area (Å²) in [7, 11) is 0. The van der Waals surface area contributed by atoms with Crippen LogP contribution in [0.2, 0.25) is 0 Å². The van der Waals surface area contributed by atoms with Gasteiger partial charge in [0.15, 0.2) is 17.5 Å². The minimum Gasteiger partial charge on any atom is -0.336 e. The molecule has 1 fully saturated rings. The Labute approximate surface area is 128 Å². The molecular weight excluding hydrogens is 293 g/mol. The lowest BCUT2D eigenvalue weighted by Crippen LogP contribution is -2.50. The highest BCUT2D eigenvalue weighted by Crippen LogP contribution is 2.19. The van der Waals surface area contributed by atoms with Crippen LogP contribution in [-0.2, 0) is 0 Å². The molecule has 1 amide bonds. The van der Waals surface area contributed by atoms with Crippen molar-refractivity contribution in [3.05, 3.63) is 35.1 Å². The number of rotatable bonds is 2. The van der Waals surface area contributed by atoms with Gasteiger partial charge in [0.1, 0.15) is 0 Å². The van der Waals surface area contributed by atoms with Crippen molar-refractivity contribution in [2.24, 2.45) is 5.41 Å². The number of hydrogen-bond donors (Lipinski definition) is 0. The van der Waals surface area contributed by atoms with E-state index >= 15 is 0 Å². The summed E-state index contributed by atoms with van der Waals surface area (Å²) in [6, 6.07) is 1.78. The molecule has 0 radical (unpaired) electrons. The van der Waals surface area contributed by atoms with E-state index in [0.29, 0.717) is 26.2 Å². The van der Waals surface area contributed by atoms with Crippen molar-refractivity contribution in [1.82, 2.24) is 9.80 Å². The van der Waals surface area contributed by atoms with Crippen LogP contribution in [0.15, 0.2) is 12.1 Å². The predicted molar refractivity (Wildman–Crippen MR) is 78.1 cm³/mol. The highest BCUT2D eigenvalue weighted by Gasteiger charge is 2.27. The molecule has 6 heteroatoms. The third-order valence-corrected chi connectivity index (χ3v) is 3.62. The fourth-order valence-electron chi connectivity index (χ4n) is 2.64. The van der Waals surface area contributed by atoms with Gasteiger partial charge in [0.2, 0.25) is 0 Å². The van der Waals surface area contributed by atoms with Gasteiger partial charge in [0.25, 0.3) is 5.91 Å². The minimum atomic E-state index is -1.60. The molecule has 0 N–H and O–H groups in total. The molecule has 1 aromatic carbocycles. The van der Waals surface area contributed by atoms with Crippen LogP contribution < -0.4 is 0 Å². The topological polar surface area (TPSA) is 23.6 Å². The van der Waals surface area contributed by atoms with Crippen molar-refractivity contribution in [2.75, 3.05) is 32.7 Å². The first-order chi connectivity index (χ1) is 10.2. The molecule has 0 saturated carbocycles. The Morgan fingerprint density at radius 3 is 2.18 bits per heavy atom. The maximum Gasteiger partial charge on any atom is 0.257 e. The molecule has 1 aliphatic rings. The Hall–Kier alpha value is -1.56. The summed E-state index contributed by atoms with van der Waals surface area (Å²) in [4.78, 5) is 16.0. The molecule has 22 heavy (non-hydrogen) atoms. The third-order valence-electron chi connectivity index (χ3n) is 3.62. The molecule has 1 aliphatic heterocycles. The number of piperazine rings is 1. The largest absolute Gasteiger partial charge is 0.336 e. The molecule has 2 rings (SSSR count). The molecule has 1 saturated heterocycles. The summed E-state index contributed by atoms with van der Waals surface area (Å²) in [5, 5.41) is 0. The van der Waals surface area contributed by atoms with Crippen molar-refractivity contribution in [2.45, 2.75) is 20.8 Å². The molecule has 1 heterocycles. The van der Waals surface area contributed by atoms with Crippen LogP contribution in [0.4, 0.5) is 13.2 Å². The normalized spacial score (nSPS) is 16.9. The zero-order valence-corrected chi connectivity index (χ0v) is 13.1. The van der Waals surface area contributed by atoms with E-state index in [1.165, 1.54) is 4.90 Å². The third kappa shape index (κ3) is 3.80. The van der Waals surface area contributed by atoms with E-state index in [4.69, 9.17) is 0 Å². The average Bonchev–Trinajstić information content (AvgIpc) is 2.43. The fraction of sp³-hybridized carbons (Fsp3) is 0.562. The van der Waals surface area contributed by atoms with Crippen LogP contribution in [-0.4, -0.2) is 48.4 Å². The van der Waals surface area contributed by atoms with Crippen molar-refractivity contribution in [3.63, 3.8) is 0 Å². The second-order valence-electron chi connectivity index (χ2n) is 6.85. The molecule has 1 aromatic rings. The molecule has 0 atom stereocenters. The number of carbonyl (C=O) groups excluding carboxylic acids is 1. The van der Waals surface area contributed by atoms with Gasteiger partial charge in [-0.2, -0.15) is 0 Å². The molecule has 0 bridgehead atoms. The van der Waals surface area contributed by atoms with E-state index < -0.39 is 28.9 Å². The summed E-state index contributed by atoms with van der Waals surface area (Å²) < 4.78 is 39.9. The summed E-state index contributed by atoms with van der Waals surface area (Å²) in [5.41, 5.74) is -0.249. The van der Waals surface area contributed by atoms with Crippen LogP contribution in [0.1, 0.15) is 31.1 Å². The maximum absolute atomic E-state index is 13.7. The van der Waals surface area contributed by atoms with Gasteiger partial charge in [-0.25, -0.2) is 13.2 Å². The Balaban J connectivity index is 2.03. The lowest BCUT2D eigenvalue weighted by molar-refractivity contribution is 0.0586. The van der Waals surface area contributed by atoms with Gasteiger partial charge in [-0.1, -0.05) is 20.8 Å². The number of amides is 1. The van der Waals surface area contributed by atoms with Gasteiger partial charge in [-0.05, 0) is 17.5 Å². The zero-order chi connectivity index (χ0) is 16.5. The van der Waals surface area contributed by atoms with Gasteiger partial charge < -0.3 is 4.90 Å². The standard InChI is InChI=1S/C16H21F3N2O/c1-16(2,3)10-20-6-8-21(9-7-20)15(22)11-4-5-12(17)14(19)13(11)18/h4-5H,6-10H2,1-3H3.